The topological polar surface area (TPSA) is 92.6 Å². The average molecular weight is 557 g/mol. The van der Waals surface area contributed by atoms with Crippen molar-refractivity contribution < 1.29 is 14.3 Å². The van der Waals surface area contributed by atoms with Gasteiger partial charge in [-0.3, -0.25) is 9.69 Å². The lowest BCUT2D eigenvalue weighted by Gasteiger charge is -2.44. The molecule has 41 heavy (non-hydrogen) atoms. The van der Waals surface area contributed by atoms with Crippen LogP contribution >= 0.6 is 0 Å². The van der Waals surface area contributed by atoms with Crippen LogP contribution in [0, 0.1) is 5.92 Å². The van der Waals surface area contributed by atoms with Crippen LogP contribution in [0.15, 0.2) is 60.8 Å². The summed E-state index contributed by atoms with van der Waals surface area (Å²) in [5.74, 6) is 0.0832. The van der Waals surface area contributed by atoms with E-state index in [1.807, 2.05) is 18.2 Å². The summed E-state index contributed by atoms with van der Waals surface area (Å²) >= 11 is 0. The number of benzene rings is 2. The SMILES string of the molecule is COC(=O)c1cn([C@@H]2C[C@@H](C(=O)NC[C@@H]3CCCN4CCCC[C@H]34)N(Cc3ccc(-c4ccccc4)cc3)C2)nn1. The summed E-state index contributed by atoms with van der Waals surface area (Å²) in [6.45, 7) is 4.42. The summed E-state index contributed by atoms with van der Waals surface area (Å²) in [6, 6.07) is 19.2. The molecule has 1 aromatic heterocycles. The van der Waals surface area contributed by atoms with Crippen LogP contribution in [-0.2, 0) is 16.1 Å². The van der Waals surface area contributed by atoms with Crippen LogP contribution in [0.25, 0.3) is 11.1 Å². The Kier molecular flexibility index (Phi) is 8.43. The number of methoxy groups -OCH3 is 1. The Bertz CT molecular complexity index is 1320. The number of piperidine rings is 2. The van der Waals surface area contributed by atoms with Crippen molar-refractivity contribution in [3.8, 4) is 11.1 Å². The van der Waals surface area contributed by atoms with Crippen molar-refractivity contribution in [2.45, 2.75) is 63.2 Å². The Labute approximate surface area is 241 Å². The van der Waals surface area contributed by atoms with E-state index in [0.29, 0.717) is 31.5 Å². The van der Waals surface area contributed by atoms with Crippen LogP contribution in [0.4, 0.5) is 0 Å². The van der Waals surface area contributed by atoms with Crippen molar-refractivity contribution in [1.82, 2.24) is 30.1 Å². The lowest BCUT2D eigenvalue weighted by molar-refractivity contribution is -0.126. The van der Waals surface area contributed by atoms with E-state index in [4.69, 9.17) is 4.74 Å². The summed E-state index contributed by atoms with van der Waals surface area (Å²) in [6.07, 6.45) is 8.45. The third-order valence-corrected chi connectivity index (χ3v) is 9.18. The zero-order chi connectivity index (χ0) is 28.2. The fraction of sp³-hybridized carbons (Fsp3) is 0.500. The molecule has 4 atom stereocenters. The number of nitrogens with one attached hydrogen (secondary N) is 1. The van der Waals surface area contributed by atoms with E-state index in [2.05, 4.69) is 61.8 Å². The number of carbonyl (C=O) groups excluding carboxylic acids is 2. The van der Waals surface area contributed by atoms with Crippen LogP contribution in [0.1, 0.15) is 60.6 Å². The lowest BCUT2D eigenvalue weighted by Crippen LogP contribution is -2.52. The molecule has 0 bridgehead atoms. The molecule has 1 N–H and O–H groups in total. The Morgan fingerprint density at radius 1 is 0.976 bits per heavy atom. The molecule has 9 heteroatoms. The van der Waals surface area contributed by atoms with E-state index in [0.717, 1.165) is 12.1 Å². The van der Waals surface area contributed by atoms with E-state index in [1.54, 1.807) is 10.9 Å². The first-order valence-corrected chi connectivity index (χ1v) is 15.0. The van der Waals surface area contributed by atoms with Crippen molar-refractivity contribution in [1.29, 1.82) is 0 Å². The molecule has 0 radical (unpaired) electrons. The number of likely N-dealkylation sites (tertiary alicyclic amines) is 1. The third kappa shape index (κ3) is 6.21. The molecule has 3 aliphatic heterocycles. The van der Waals surface area contributed by atoms with Gasteiger partial charge in [0.2, 0.25) is 5.91 Å². The predicted molar refractivity (Wildman–Crippen MR) is 156 cm³/mol. The highest BCUT2D eigenvalue weighted by atomic mass is 16.5. The van der Waals surface area contributed by atoms with Crippen molar-refractivity contribution in [2.24, 2.45) is 5.92 Å². The van der Waals surface area contributed by atoms with Crippen LogP contribution in [0.3, 0.4) is 0 Å². The highest BCUT2D eigenvalue weighted by Crippen LogP contribution is 2.32. The lowest BCUT2D eigenvalue weighted by atomic mass is 9.83. The summed E-state index contributed by atoms with van der Waals surface area (Å²) < 4.78 is 6.52. The minimum Gasteiger partial charge on any atom is -0.464 e. The summed E-state index contributed by atoms with van der Waals surface area (Å²) in [4.78, 5) is 30.6. The van der Waals surface area contributed by atoms with Crippen molar-refractivity contribution in [2.75, 3.05) is 33.3 Å². The molecule has 3 aromatic rings. The number of fused-ring (bicyclic) bond motifs is 1. The highest BCUT2D eigenvalue weighted by molar-refractivity contribution is 5.86. The molecule has 3 saturated heterocycles. The van der Waals surface area contributed by atoms with Gasteiger partial charge < -0.3 is 15.0 Å². The second-order valence-corrected chi connectivity index (χ2v) is 11.7. The number of amides is 1. The Morgan fingerprint density at radius 3 is 2.56 bits per heavy atom. The molecule has 0 saturated carbocycles. The number of hydrogen-bond acceptors (Lipinski definition) is 7. The molecule has 4 heterocycles. The monoisotopic (exact) mass is 556 g/mol. The maximum Gasteiger partial charge on any atom is 0.360 e. The molecular formula is C32H40N6O3. The molecule has 6 rings (SSSR count). The van der Waals surface area contributed by atoms with Gasteiger partial charge in [0, 0.05) is 25.7 Å². The molecular weight excluding hydrogens is 516 g/mol. The van der Waals surface area contributed by atoms with Crippen LogP contribution < -0.4 is 5.32 Å². The van der Waals surface area contributed by atoms with Gasteiger partial charge in [0.05, 0.1) is 25.4 Å². The minimum absolute atomic E-state index is 0.0660. The van der Waals surface area contributed by atoms with Gasteiger partial charge in [-0.05, 0) is 67.8 Å². The number of aromatic nitrogens is 3. The number of rotatable bonds is 8. The Balaban J connectivity index is 1.16. The standard InChI is InChI=1S/C32H40N6O3/c1-41-32(40)28-22-38(35-34-28)27-18-30(31(39)33-19-26-10-7-17-36-16-6-5-11-29(26)36)37(21-27)20-23-12-14-25(15-13-23)24-8-3-2-4-9-24/h2-4,8-9,12-15,22,26-27,29-30H,5-7,10-11,16-21H2,1H3,(H,33,39)/t26-,27+,29+,30-/m0/s1. The molecule has 0 unspecified atom stereocenters. The minimum atomic E-state index is -0.511. The Morgan fingerprint density at radius 2 is 1.76 bits per heavy atom. The molecule has 2 aromatic carbocycles. The first-order valence-electron chi connectivity index (χ1n) is 15.0. The van der Waals surface area contributed by atoms with E-state index >= 15 is 0 Å². The van der Waals surface area contributed by atoms with Crippen LogP contribution in [-0.4, -0.2) is 82.0 Å². The molecule has 0 spiro atoms. The van der Waals surface area contributed by atoms with Crippen molar-refractivity contribution >= 4 is 11.9 Å². The summed E-state index contributed by atoms with van der Waals surface area (Å²) in [5.41, 5.74) is 3.69. The average Bonchev–Trinajstić information content (AvgIpc) is 3.68. The van der Waals surface area contributed by atoms with Crippen molar-refractivity contribution in [3.63, 3.8) is 0 Å². The molecule has 9 nitrogen and oxygen atoms in total. The zero-order valence-corrected chi connectivity index (χ0v) is 23.8. The quantitative estimate of drug-likeness (QED) is 0.421. The van der Waals surface area contributed by atoms with Gasteiger partial charge >= 0.3 is 5.97 Å². The fourth-order valence-corrected chi connectivity index (χ4v) is 7.00. The maximum absolute atomic E-state index is 13.7. The highest BCUT2D eigenvalue weighted by Gasteiger charge is 2.39. The number of carbonyl (C=O) groups is 2. The molecule has 1 amide bonds. The van der Waals surface area contributed by atoms with Crippen LogP contribution in [0.5, 0.6) is 0 Å². The number of nitrogens with zero attached hydrogens (tertiary/aromatic N) is 5. The molecule has 3 fully saturated rings. The van der Waals surface area contributed by atoms with Gasteiger partial charge in [0.1, 0.15) is 0 Å². The maximum atomic E-state index is 13.7. The summed E-state index contributed by atoms with van der Waals surface area (Å²) in [5, 5.41) is 11.6. The molecule has 3 aliphatic rings. The van der Waals surface area contributed by atoms with E-state index in [9.17, 15) is 9.59 Å². The smallest absolute Gasteiger partial charge is 0.360 e. The van der Waals surface area contributed by atoms with E-state index in [-0.39, 0.29) is 23.7 Å². The van der Waals surface area contributed by atoms with Gasteiger partial charge in [0.25, 0.3) is 0 Å². The second kappa shape index (κ2) is 12.5. The molecule has 216 valence electrons. The Hall–Kier alpha value is -3.56. The van der Waals surface area contributed by atoms with Gasteiger partial charge in [-0.15, -0.1) is 5.10 Å². The first kappa shape index (κ1) is 27.6. The van der Waals surface area contributed by atoms with Gasteiger partial charge in [-0.2, -0.15) is 0 Å². The van der Waals surface area contributed by atoms with Gasteiger partial charge in [0.15, 0.2) is 5.69 Å². The molecule has 0 aliphatic carbocycles. The second-order valence-electron chi connectivity index (χ2n) is 11.7. The number of hydrogen-bond donors (Lipinski definition) is 1. The number of esters is 1. The van der Waals surface area contributed by atoms with Gasteiger partial charge in [-0.25, -0.2) is 9.48 Å². The number of ether oxygens (including phenoxy) is 1. The van der Waals surface area contributed by atoms with E-state index in [1.165, 1.54) is 63.4 Å². The fourth-order valence-electron chi connectivity index (χ4n) is 7.00. The largest absolute Gasteiger partial charge is 0.464 e. The van der Waals surface area contributed by atoms with Crippen LogP contribution in [0.2, 0.25) is 0 Å². The zero-order valence-electron chi connectivity index (χ0n) is 23.8. The summed E-state index contributed by atoms with van der Waals surface area (Å²) in [7, 11) is 1.33. The van der Waals surface area contributed by atoms with Gasteiger partial charge in [-0.1, -0.05) is 66.2 Å². The normalized spacial score (nSPS) is 25.0. The first-order chi connectivity index (χ1) is 20.1. The predicted octanol–water partition coefficient (Wildman–Crippen LogP) is 3.93. The third-order valence-electron chi connectivity index (χ3n) is 9.18. The van der Waals surface area contributed by atoms with Crippen molar-refractivity contribution in [3.05, 3.63) is 72.1 Å². The van der Waals surface area contributed by atoms with E-state index < -0.39 is 5.97 Å².